The number of amides is 1. The Morgan fingerprint density at radius 2 is 2.41 bits per heavy atom. The molecule has 1 aliphatic heterocycles. The van der Waals surface area contributed by atoms with E-state index in [0.29, 0.717) is 17.2 Å². The van der Waals surface area contributed by atoms with Crippen LogP contribution in [0.4, 0.5) is 5.69 Å². The van der Waals surface area contributed by atoms with Crippen molar-refractivity contribution in [3.05, 3.63) is 29.3 Å². The maximum absolute atomic E-state index is 12.0. The summed E-state index contributed by atoms with van der Waals surface area (Å²) in [5.41, 5.74) is 8.03. The molecular formula is C13H18N2OS. The van der Waals surface area contributed by atoms with Crippen molar-refractivity contribution in [1.82, 2.24) is 5.32 Å². The molecule has 2 rings (SSSR count). The molecule has 3 nitrogen and oxygen atoms in total. The van der Waals surface area contributed by atoms with Gasteiger partial charge in [0.05, 0.1) is 0 Å². The Hall–Kier alpha value is -1.16. The van der Waals surface area contributed by atoms with Crippen LogP contribution >= 0.6 is 11.8 Å². The summed E-state index contributed by atoms with van der Waals surface area (Å²) in [6.07, 6.45) is 1.21. The van der Waals surface area contributed by atoms with Gasteiger partial charge in [0, 0.05) is 17.8 Å². The predicted molar refractivity (Wildman–Crippen MR) is 73.4 cm³/mol. The summed E-state index contributed by atoms with van der Waals surface area (Å²) in [7, 11) is 0. The number of carbonyl (C=O) groups is 1. The van der Waals surface area contributed by atoms with Crippen molar-refractivity contribution in [3.63, 3.8) is 0 Å². The molecule has 1 unspecified atom stereocenters. The summed E-state index contributed by atoms with van der Waals surface area (Å²) in [4.78, 5) is 12.0. The molecule has 1 fully saturated rings. The van der Waals surface area contributed by atoms with Crippen molar-refractivity contribution in [2.45, 2.75) is 13.3 Å². The third-order valence-electron chi connectivity index (χ3n) is 3.20. The number of rotatable bonds is 3. The van der Waals surface area contributed by atoms with Crippen molar-refractivity contribution in [3.8, 4) is 0 Å². The molecule has 1 aliphatic rings. The van der Waals surface area contributed by atoms with Crippen molar-refractivity contribution in [1.29, 1.82) is 0 Å². The highest BCUT2D eigenvalue weighted by atomic mass is 32.2. The predicted octanol–water partition coefficient (Wildman–Crippen LogP) is 2.06. The molecule has 0 aromatic heterocycles. The van der Waals surface area contributed by atoms with Crippen molar-refractivity contribution in [2.75, 3.05) is 23.8 Å². The molecule has 1 atom stereocenters. The first kappa shape index (κ1) is 12.3. The van der Waals surface area contributed by atoms with Gasteiger partial charge in [-0.25, -0.2) is 0 Å². The first-order valence-electron chi connectivity index (χ1n) is 5.89. The molecule has 0 bridgehead atoms. The van der Waals surface area contributed by atoms with Gasteiger partial charge in [-0.1, -0.05) is 6.07 Å². The van der Waals surface area contributed by atoms with Gasteiger partial charge in [-0.05, 0) is 48.5 Å². The number of nitrogens with one attached hydrogen (secondary N) is 1. The average molecular weight is 250 g/mol. The molecule has 1 amide bonds. The number of anilines is 1. The Morgan fingerprint density at radius 3 is 3.12 bits per heavy atom. The first-order chi connectivity index (χ1) is 8.18. The van der Waals surface area contributed by atoms with Crippen LogP contribution in [-0.4, -0.2) is 24.0 Å². The van der Waals surface area contributed by atoms with E-state index in [9.17, 15) is 4.79 Å². The number of thioether (sulfide) groups is 1. The van der Waals surface area contributed by atoms with Gasteiger partial charge in [-0.2, -0.15) is 11.8 Å². The van der Waals surface area contributed by atoms with Crippen molar-refractivity contribution in [2.24, 2.45) is 5.92 Å². The molecule has 1 heterocycles. The van der Waals surface area contributed by atoms with Crippen molar-refractivity contribution < 1.29 is 4.79 Å². The summed E-state index contributed by atoms with van der Waals surface area (Å²) >= 11 is 1.96. The summed E-state index contributed by atoms with van der Waals surface area (Å²) in [6, 6.07) is 5.47. The van der Waals surface area contributed by atoms with Crippen molar-refractivity contribution >= 4 is 23.4 Å². The molecule has 0 saturated carbocycles. The van der Waals surface area contributed by atoms with E-state index in [1.165, 1.54) is 12.2 Å². The normalized spacial score (nSPS) is 19.2. The molecular weight excluding hydrogens is 232 g/mol. The Bertz CT molecular complexity index is 414. The highest BCUT2D eigenvalue weighted by Gasteiger charge is 2.17. The van der Waals surface area contributed by atoms with E-state index in [1.54, 1.807) is 0 Å². The Morgan fingerprint density at radius 1 is 1.59 bits per heavy atom. The highest BCUT2D eigenvalue weighted by molar-refractivity contribution is 7.99. The van der Waals surface area contributed by atoms with E-state index in [0.717, 1.165) is 17.9 Å². The molecule has 1 aromatic rings. The Balaban J connectivity index is 1.97. The number of carbonyl (C=O) groups excluding carboxylic acids is 1. The molecule has 1 aromatic carbocycles. The van der Waals surface area contributed by atoms with Crippen LogP contribution in [-0.2, 0) is 0 Å². The number of hydrogen-bond acceptors (Lipinski definition) is 3. The molecule has 0 radical (unpaired) electrons. The zero-order valence-electron chi connectivity index (χ0n) is 10.0. The van der Waals surface area contributed by atoms with Gasteiger partial charge in [0.25, 0.3) is 5.91 Å². The van der Waals surface area contributed by atoms with Gasteiger partial charge in [-0.15, -0.1) is 0 Å². The fraction of sp³-hybridized carbons (Fsp3) is 0.462. The fourth-order valence-corrected chi connectivity index (χ4v) is 3.26. The average Bonchev–Trinajstić information content (AvgIpc) is 2.82. The SMILES string of the molecule is Cc1c(N)cccc1C(=O)NCC1CCSC1. The summed E-state index contributed by atoms with van der Waals surface area (Å²) in [5, 5.41) is 3.00. The lowest BCUT2D eigenvalue weighted by Crippen LogP contribution is -2.29. The molecule has 92 valence electrons. The third kappa shape index (κ3) is 2.94. The second-order valence-electron chi connectivity index (χ2n) is 4.46. The van der Waals surface area contributed by atoms with Crippen LogP contribution < -0.4 is 11.1 Å². The van der Waals surface area contributed by atoms with Crippen LogP contribution in [0.15, 0.2) is 18.2 Å². The van der Waals surface area contributed by atoms with Crippen LogP contribution in [0.5, 0.6) is 0 Å². The molecule has 1 saturated heterocycles. The topological polar surface area (TPSA) is 55.1 Å². The van der Waals surface area contributed by atoms with E-state index in [-0.39, 0.29) is 5.91 Å². The molecule has 17 heavy (non-hydrogen) atoms. The Kier molecular flexibility index (Phi) is 3.94. The van der Waals surface area contributed by atoms with Crippen LogP contribution in [0.1, 0.15) is 22.3 Å². The smallest absolute Gasteiger partial charge is 0.251 e. The van der Waals surface area contributed by atoms with Gasteiger partial charge in [0.1, 0.15) is 0 Å². The maximum atomic E-state index is 12.0. The molecule has 4 heteroatoms. The largest absolute Gasteiger partial charge is 0.398 e. The van der Waals surface area contributed by atoms with Gasteiger partial charge >= 0.3 is 0 Å². The number of hydrogen-bond donors (Lipinski definition) is 2. The standard InChI is InChI=1S/C13H18N2OS/c1-9-11(3-2-4-12(9)14)13(16)15-7-10-5-6-17-8-10/h2-4,10H,5-8,14H2,1H3,(H,15,16). The zero-order valence-corrected chi connectivity index (χ0v) is 10.8. The second kappa shape index (κ2) is 5.45. The zero-order chi connectivity index (χ0) is 12.3. The third-order valence-corrected chi connectivity index (χ3v) is 4.43. The van der Waals surface area contributed by atoms with Gasteiger partial charge in [0.2, 0.25) is 0 Å². The number of nitrogen functional groups attached to an aromatic ring is 1. The van der Waals surface area contributed by atoms with Crippen LogP contribution in [0.25, 0.3) is 0 Å². The fourth-order valence-electron chi connectivity index (χ4n) is 1.98. The van der Waals surface area contributed by atoms with E-state index < -0.39 is 0 Å². The van der Waals surface area contributed by atoms with Gasteiger partial charge < -0.3 is 11.1 Å². The highest BCUT2D eigenvalue weighted by Crippen LogP contribution is 2.22. The minimum absolute atomic E-state index is 0.00769. The first-order valence-corrected chi connectivity index (χ1v) is 7.05. The quantitative estimate of drug-likeness (QED) is 0.807. The lowest BCUT2D eigenvalue weighted by atomic mass is 10.1. The van der Waals surface area contributed by atoms with E-state index in [4.69, 9.17) is 5.73 Å². The van der Waals surface area contributed by atoms with Crippen LogP contribution in [0, 0.1) is 12.8 Å². The molecule has 0 aliphatic carbocycles. The minimum Gasteiger partial charge on any atom is -0.398 e. The van der Waals surface area contributed by atoms with Crippen LogP contribution in [0.2, 0.25) is 0 Å². The second-order valence-corrected chi connectivity index (χ2v) is 5.61. The summed E-state index contributed by atoms with van der Waals surface area (Å²) in [6.45, 7) is 2.66. The van der Waals surface area contributed by atoms with Crippen LogP contribution in [0.3, 0.4) is 0 Å². The van der Waals surface area contributed by atoms with E-state index in [2.05, 4.69) is 5.32 Å². The van der Waals surface area contributed by atoms with E-state index >= 15 is 0 Å². The lowest BCUT2D eigenvalue weighted by Gasteiger charge is -2.12. The maximum Gasteiger partial charge on any atom is 0.251 e. The molecule has 0 spiro atoms. The van der Waals surface area contributed by atoms with Gasteiger partial charge in [0.15, 0.2) is 0 Å². The Labute approximate surface area is 106 Å². The van der Waals surface area contributed by atoms with E-state index in [1.807, 2.05) is 36.9 Å². The number of benzene rings is 1. The monoisotopic (exact) mass is 250 g/mol. The lowest BCUT2D eigenvalue weighted by molar-refractivity contribution is 0.0948. The minimum atomic E-state index is -0.00769. The van der Waals surface area contributed by atoms with Gasteiger partial charge in [-0.3, -0.25) is 4.79 Å². The molecule has 3 N–H and O–H groups in total. The number of nitrogens with two attached hydrogens (primary N) is 1. The summed E-state index contributed by atoms with van der Waals surface area (Å²) < 4.78 is 0. The summed E-state index contributed by atoms with van der Waals surface area (Å²) in [5.74, 6) is 3.01.